The van der Waals surface area contributed by atoms with Crippen molar-refractivity contribution in [2.45, 2.75) is 38.0 Å². The number of benzene rings is 1. The second-order valence-corrected chi connectivity index (χ2v) is 7.33. The van der Waals surface area contributed by atoms with Gasteiger partial charge in [0, 0.05) is 45.3 Å². The molecule has 0 radical (unpaired) electrons. The largest absolute Gasteiger partial charge is 0.381 e. The van der Waals surface area contributed by atoms with Crippen molar-refractivity contribution in [2.24, 2.45) is 10.9 Å². The zero-order valence-corrected chi connectivity index (χ0v) is 17.9. The minimum atomic E-state index is 0. The average Bonchev–Trinajstić information content (AvgIpc) is 2.65. The van der Waals surface area contributed by atoms with Gasteiger partial charge in [-0.3, -0.25) is 4.99 Å². The van der Waals surface area contributed by atoms with E-state index in [1.54, 1.807) is 0 Å². The number of hydrogen-bond donors (Lipinski definition) is 1. The van der Waals surface area contributed by atoms with Crippen molar-refractivity contribution >= 4 is 29.9 Å². The van der Waals surface area contributed by atoms with Gasteiger partial charge in [0.25, 0.3) is 0 Å². The molecule has 2 fully saturated rings. The molecule has 1 N–H and O–H groups in total. The Kier molecular flexibility index (Phi) is 8.00. The van der Waals surface area contributed by atoms with Crippen LogP contribution in [0.25, 0.3) is 0 Å². The monoisotopic (exact) mass is 457 g/mol. The summed E-state index contributed by atoms with van der Waals surface area (Å²) >= 11 is 0. The number of halogens is 1. The second-order valence-electron chi connectivity index (χ2n) is 7.33. The molecule has 0 saturated carbocycles. The Morgan fingerprint density at radius 3 is 2.44 bits per heavy atom. The van der Waals surface area contributed by atoms with Crippen LogP contribution in [-0.2, 0) is 10.2 Å². The van der Waals surface area contributed by atoms with E-state index in [0.29, 0.717) is 0 Å². The van der Waals surface area contributed by atoms with Crippen LogP contribution in [-0.4, -0.2) is 50.8 Å². The van der Waals surface area contributed by atoms with Crippen LogP contribution in [0, 0.1) is 5.92 Å². The number of likely N-dealkylation sites (tertiary alicyclic amines) is 1. The standard InChI is InChI=1S/C20H31N3O.HI/c1-17-8-12-23(13-9-17)19(21-2)22-16-20(10-14-24-15-11-20)18-6-4-3-5-7-18;/h3-7,17H,8-16H2,1-2H3,(H,21,22);1H. The highest BCUT2D eigenvalue weighted by Crippen LogP contribution is 2.34. The fraction of sp³-hybridized carbons (Fsp3) is 0.650. The summed E-state index contributed by atoms with van der Waals surface area (Å²) in [6, 6.07) is 10.9. The van der Waals surface area contributed by atoms with Crippen LogP contribution in [0.5, 0.6) is 0 Å². The number of ether oxygens (including phenoxy) is 1. The molecule has 0 aliphatic carbocycles. The zero-order chi connectivity index (χ0) is 16.8. The predicted octanol–water partition coefficient (Wildman–Crippen LogP) is 3.66. The zero-order valence-electron chi connectivity index (χ0n) is 15.5. The molecule has 0 bridgehead atoms. The summed E-state index contributed by atoms with van der Waals surface area (Å²) in [5.74, 6) is 1.90. The molecule has 0 unspecified atom stereocenters. The van der Waals surface area contributed by atoms with Gasteiger partial charge in [-0.25, -0.2) is 0 Å². The van der Waals surface area contributed by atoms with Gasteiger partial charge in [0.05, 0.1) is 0 Å². The van der Waals surface area contributed by atoms with E-state index >= 15 is 0 Å². The third-order valence-corrected chi connectivity index (χ3v) is 5.72. The lowest BCUT2D eigenvalue weighted by Gasteiger charge is -2.40. The van der Waals surface area contributed by atoms with Gasteiger partial charge >= 0.3 is 0 Å². The van der Waals surface area contributed by atoms with E-state index in [9.17, 15) is 0 Å². The molecule has 25 heavy (non-hydrogen) atoms. The summed E-state index contributed by atoms with van der Waals surface area (Å²) in [5.41, 5.74) is 1.57. The van der Waals surface area contributed by atoms with Crippen LogP contribution < -0.4 is 5.32 Å². The number of aliphatic imine (C=N–C) groups is 1. The summed E-state index contributed by atoms with van der Waals surface area (Å²) in [6.45, 7) is 7.19. The van der Waals surface area contributed by atoms with Crippen LogP contribution >= 0.6 is 24.0 Å². The molecule has 0 spiro atoms. The van der Waals surface area contributed by atoms with Crippen molar-refractivity contribution < 1.29 is 4.74 Å². The van der Waals surface area contributed by atoms with Crippen LogP contribution in [0.3, 0.4) is 0 Å². The Hall–Kier alpha value is -0.820. The molecule has 0 atom stereocenters. The third kappa shape index (κ3) is 5.09. The Morgan fingerprint density at radius 2 is 1.84 bits per heavy atom. The van der Waals surface area contributed by atoms with E-state index < -0.39 is 0 Å². The molecule has 0 amide bonds. The highest BCUT2D eigenvalue weighted by atomic mass is 127. The molecule has 1 aromatic carbocycles. The number of hydrogen-bond acceptors (Lipinski definition) is 2. The number of nitrogens with one attached hydrogen (secondary N) is 1. The van der Waals surface area contributed by atoms with Gasteiger partial charge in [-0.05, 0) is 37.2 Å². The fourth-order valence-electron chi connectivity index (χ4n) is 3.92. The Bertz CT molecular complexity index is 535. The Morgan fingerprint density at radius 1 is 1.20 bits per heavy atom. The Labute approximate surface area is 169 Å². The van der Waals surface area contributed by atoms with Gasteiger partial charge in [-0.1, -0.05) is 37.3 Å². The molecular formula is C20H32IN3O. The lowest BCUT2D eigenvalue weighted by molar-refractivity contribution is 0.0511. The average molecular weight is 457 g/mol. The van der Waals surface area contributed by atoms with Crippen molar-refractivity contribution in [1.82, 2.24) is 10.2 Å². The van der Waals surface area contributed by atoms with E-state index in [-0.39, 0.29) is 29.4 Å². The molecule has 2 aliphatic rings. The number of piperidine rings is 1. The predicted molar refractivity (Wildman–Crippen MR) is 115 cm³/mol. The Balaban J connectivity index is 0.00000225. The fourth-order valence-corrected chi connectivity index (χ4v) is 3.92. The molecule has 2 saturated heterocycles. The lowest BCUT2D eigenvalue weighted by atomic mass is 9.74. The number of rotatable bonds is 3. The molecule has 1 aromatic rings. The minimum Gasteiger partial charge on any atom is -0.381 e. The van der Waals surface area contributed by atoms with Crippen molar-refractivity contribution in [2.75, 3.05) is 39.9 Å². The van der Waals surface area contributed by atoms with Gasteiger partial charge in [-0.15, -0.1) is 24.0 Å². The van der Waals surface area contributed by atoms with Gasteiger partial charge in [0.2, 0.25) is 0 Å². The lowest BCUT2D eigenvalue weighted by Crippen LogP contribution is -2.51. The molecule has 2 heterocycles. The van der Waals surface area contributed by atoms with Crippen LogP contribution in [0.1, 0.15) is 38.2 Å². The van der Waals surface area contributed by atoms with E-state index in [1.807, 2.05) is 7.05 Å². The molecule has 0 aromatic heterocycles. The van der Waals surface area contributed by atoms with E-state index in [2.05, 4.69) is 52.5 Å². The first-order chi connectivity index (χ1) is 11.7. The molecule has 5 heteroatoms. The van der Waals surface area contributed by atoms with E-state index in [0.717, 1.165) is 57.6 Å². The van der Waals surface area contributed by atoms with E-state index in [4.69, 9.17) is 4.74 Å². The minimum absolute atomic E-state index is 0. The first-order valence-corrected chi connectivity index (χ1v) is 9.32. The van der Waals surface area contributed by atoms with Crippen LogP contribution in [0.15, 0.2) is 35.3 Å². The first kappa shape index (κ1) is 20.5. The quantitative estimate of drug-likeness (QED) is 0.428. The summed E-state index contributed by atoms with van der Waals surface area (Å²) in [7, 11) is 1.90. The molecule has 140 valence electrons. The van der Waals surface area contributed by atoms with E-state index in [1.165, 1.54) is 18.4 Å². The van der Waals surface area contributed by atoms with Crippen molar-refractivity contribution in [3.05, 3.63) is 35.9 Å². The molecule has 2 aliphatic heterocycles. The molecular weight excluding hydrogens is 425 g/mol. The molecule has 4 nitrogen and oxygen atoms in total. The topological polar surface area (TPSA) is 36.9 Å². The van der Waals surface area contributed by atoms with Crippen LogP contribution in [0.2, 0.25) is 0 Å². The number of guanidine groups is 1. The van der Waals surface area contributed by atoms with Gasteiger partial charge in [0.15, 0.2) is 5.96 Å². The van der Waals surface area contributed by atoms with Crippen molar-refractivity contribution in [1.29, 1.82) is 0 Å². The normalized spacial score (nSPS) is 21.5. The van der Waals surface area contributed by atoms with Gasteiger partial charge < -0.3 is 15.0 Å². The van der Waals surface area contributed by atoms with Crippen molar-refractivity contribution in [3.8, 4) is 0 Å². The smallest absolute Gasteiger partial charge is 0.193 e. The van der Waals surface area contributed by atoms with Crippen molar-refractivity contribution in [3.63, 3.8) is 0 Å². The third-order valence-electron chi connectivity index (χ3n) is 5.72. The maximum atomic E-state index is 5.64. The second kappa shape index (κ2) is 9.76. The number of nitrogens with zero attached hydrogens (tertiary/aromatic N) is 2. The van der Waals surface area contributed by atoms with Crippen LogP contribution in [0.4, 0.5) is 0 Å². The maximum absolute atomic E-state index is 5.64. The first-order valence-electron chi connectivity index (χ1n) is 9.32. The molecule has 3 rings (SSSR count). The summed E-state index contributed by atoms with van der Waals surface area (Å²) < 4.78 is 5.64. The SMILES string of the molecule is CN=C(NCC1(c2ccccc2)CCOCC1)N1CCC(C)CC1.I. The van der Waals surface area contributed by atoms with Gasteiger partial charge in [0.1, 0.15) is 0 Å². The summed E-state index contributed by atoms with van der Waals surface area (Å²) in [4.78, 5) is 6.96. The summed E-state index contributed by atoms with van der Waals surface area (Å²) in [6.07, 6.45) is 4.66. The highest BCUT2D eigenvalue weighted by Gasteiger charge is 2.35. The summed E-state index contributed by atoms with van der Waals surface area (Å²) in [5, 5.41) is 3.68. The highest BCUT2D eigenvalue weighted by molar-refractivity contribution is 14.0. The van der Waals surface area contributed by atoms with Gasteiger partial charge in [-0.2, -0.15) is 0 Å². The maximum Gasteiger partial charge on any atom is 0.193 e.